The summed E-state index contributed by atoms with van der Waals surface area (Å²) in [5.41, 5.74) is 0. The summed E-state index contributed by atoms with van der Waals surface area (Å²) < 4.78 is 0. The van der Waals surface area contributed by atoms with Crippen molar-refractivity contribution in [3.05, 3.63) is 12.3 Å². The Kier molecular flexibility index (Phi) is 4.23. The molecule has 0 atom stereocenters. The average Bonchev–Trinajstić information content (AvgIpc) is 1.66. The molecule has 0 unspecified atom stereocenters. The van der Waals surface area contributed by atoms with Gasteiger partial charge in [0.25, 0.3) is 0 Å². The lowest BCUT2D eigenvalue weighted by Crippen LogP contribution is -1.84. The van der Waals surface area contributed by atoms with Crippen molar-refractivity contribution in [2.24, 2.45) is 10.9 Å². The standard InChI is InChI=1S/C7H13N/c1-4-5-8-6-7(2)3/h4-7H,1-3H3/b5-4-,8-6?. The lowest BCUT2D eigenvalue weighted by atomic mass is 10.3. The minimum absolute atomic E-state index is 0.561. The SMILES string of the molecule is C/C=C\N=CC(C)C. The Morgan fingerprint density at radius 3 is 2.38 bits per heavy atom. The zero-order valence-corrected chi connectivity index (χ0v) is 5.76. The van der Waals surface area contributed by atoms with E-state index in [1.807, 2.05) is 19.2 Å². The highest BCUT2D eigenvalue weighted by atomic mass is 14.7. The third-order valence-electron chi connectivity index (χ3n) is 0.619. The number of hydrogen-bond acceptors (Lipinski definition) is 1. The molecule has 0 bridgehead atoms. The molecular weight excluding hydrogens is 98.1 g/mol. The second-order valence-electron chi connectivity index (χ2n) is 2.02. The molecule has 0 N–H and O–H groups in total. The van der Waals surface area contributed by atoms with Crippen molar-refractivity contribution in [3.8, 4) is 0 Å². The van der Waals surface area contributed by atoms with Gasteiger partial charge in [0.2, 0.25) is 0 Å². The topological polar surface area (TPSA) is 12.4 Å². The van der Waals surface area contributed by atoms with Gasteiger partial charge in [-0.1, -0.05) is 19.9 Å². The first kappa shape index (κ1) is 7.41. The van der Waals surface area contributed by atoms with Gasteiger partial charge in [-0.05, 0) is 12.8 Å². The average molecular weight is 111 g/mol. The van der Waals surface area contributed by atoms with Crippen molar-refractivity contribution in [2.75, 3.05) is 0 Å². The fourth-order valence-corrected chi connectivity index (χ4v) is 0.308. The summed E-state index contributed by atoms with van der Waals surface area (Å²) in [5, 5.41) is 0. The van der Waals surface area contributed by atoms with Crippen LogP contribution in [0.5, 0.6) is 0 Å². The van der Waals surface area contributed by atoms with Gasteiger partial charge >= 0.3 is 0 Å². The maximum absolute atomic E-state index is 3.98. The molecule has 0 saturated carbocycles. The molecule has 46 valence electrons. The van der Waals surface area contributed by atoms with Crippen LogP contribution in [0.15, 0.2) is 17.3 Å². The molecule has 0 aromatic rings. The van der Waals surface area contributed by atoms with Crippen molar-refractivity contribution in [2.45, 2.75) is 20.8 Å². The number of allylic oxidation sites excluding steroid dienone is 1. The summed E-state index contributed by atoms with van der Waals surface area (Å²) in [6.45, 7) is 6.16. The highest BCUT2D eigenvalue weighted by molar-refractivity contribution is 5.60. The van der Waals surface area contributed by atoms with E-state index in [0.717, 1.165) is 0 Å². The molecule has 8 heavy (non-hydrogen) atoms. The number of hydrogen-bond donors (Lipinski definition) is 0. The first-order valence-electron chi connectivity index (χ1n) is 2.92. The third kappa shape index (κ3) is 5.41. The van der Waals surface area contributed by atoms with Gasteiger partial charge in [-0.15, -0.1) is 0 Å². The van der Waals surface area contributed by atoms with Crippen LogP contribution < -0.4 is 0 Å². The van der Waals surface area contributed by atoms with Crippen molar-refractivity contribution < 1.29 is 0 Å². The first-order chi connectivity index (χ1) is 3.77. The molecule has 0 aliphatic carbocycles. The minimum Gasteiger partial charge on any atom is -0.269 e. The van der Waals surface area contributed by atoms with Crippen LogP contribution in [-0.4, -0.2) is 6.21 Å². The maximum Gasteiger partial charge on any atom is 0.0221 e. The number of aliphatic imine (C=N–C) groups is 1. The maximum atomic E-state index is 3.98. The summed E-state index contributed by atoms with van der Waals surface area (Å²) in [7, 11) is 0. The van der Waals surface area contributed by atoms with Crippen LogP contribution in [0.4, 0.5) is 0 Å². The van der Waals surface area contributed by atoms with E-state index in [2.05, 4.69) is 18.8 Å². The van der Waals surface area contributed by atoms with E-state index in [0.29, 0.717) is 5.92 Å². The Balaban J connectivity index is 3.34. The highest BCUT2D eigenvalue weighted by Gasteiger charge is 1.79. The highest BCUT2D eigenvalue weighted by Crippen LogP contribution is 1.84. The zero-order chi connectivity index (χ0) is 6.41. The smallest absolute Gasteiger partial charge is 0.0221 e. The fraction of sp³-hybridized carbons (Fsp3) is 0.571. The van der Waals surface area contributed by atoms with Gasteiger partial charge in [0, 0.05) is 12.4 Å². The molecule has 0 heterocycles. The Morgan fingerprint density at radius 2 is 2.00 bits per heavy atom. The predicted octanol–water partition coefficient (Wildman–Crippen LogP) is 2.25. The quantitative estimate of drug-likeness (QED) is 0.484. The predicted molar refractivity (Wildman–Crippen MR) is 38.1 cm³/mol. The Bertz CT molecular complexity index is 90.6. The monoisotopic (exact) mass is 111 g/mol. The van der Waals surface area contributed by atoms with Gasteiger partial charge in [-0.25, -0.2) is 0 Å². The van der Waals surface area contributed by atoms with Crippen molar-refractivity contribution in [1.82, 2.24) is 0 Å². The molecule has 0 aliphatic rings. The van der Waals surface area contributed by atoms with Crippen LogP contribution in [0.25, 0.3) is 0 Å². The van der Waals surface area contributed by atoms with Crippen LogP contribution >= 0.6 is 0 Å². The second kappa shape index (κ2) is 4.57. The molecule has 0 aliphatic heterocycles. The van der Waals surface area contributed by atoms with Gasteiger partial charge < -0.3 is 0 Å². The fourth-order valence-electron chi connectivity index (χ4n) is 0.308. The van der Waals surface area contributed by atoms with Gasteiger partial charge in [0.15, 0.2) is 0 Å². The molecule has 0 aromatic heterocycles. The summed E-state index contributed by atoms with van der Waals surface area (Å²) >= 11 is 0. The summed E-state index contributed by atoms with van der Waals surface area (Å²) in [4.78, 5) is 3.98. The molecule has 1 nitrogen and oxygen atoms in total. The molecule has 0 spiro atoms. The van der Waals surface area contributed by atoms with Gasteiger partial charge in [0.05, 0.1) is 0 Å². The lowest BCUT2D eigenvalue weighted by Gasteiger charge is -1.87. The molecule has 0 amide bonds. The van der Waals surface area contributed by atoms with Crippen LogP contribution in [-0.2, 0) is 0 Å². The van der Waals surface area contributed by atoms with Crippen LogP contribution in [0.1, 0.15) is 20.8 Å². The summed E-state index contributed by atoms with van der Waals surface area (Å²) in [5.74, 6) is 0.561. The van der Waals surface area contributed by atoms with Gasteiger partial charge in [-0.2, -0.15) is 0 Å². The molecular formula is C7H13N. The van der Waals surface area contributed by atoms with E-state index < -0.39 is 0 Å². The van der Waals surface area contributed by atoms with E-state index in [9.17, 15) is 0 Å². The zero-order valence-electron chi connectivity index (χ0n) is 5.76. The third-order valence-corrected chi connectivity index (χ3v) is 0.619. The van der Waals surface area contributed by atoms with Crippen LogP contribution in [0, 0.1) is 5.92 Å². The number of rotatable bonds is 2. The molecule has 0 aromatic carbocycles. The normalized spacial score (nSPS) is 12.5. The Labute approximate surface area is 51.1 Å². The summed E-state index contributed by atoms with van der Waals surface area (Å²) in [6, 6.07) is 0. The Morgan fingerprint density at radius 1 is 1.38 bits per heavy atom. The largest absolute Gasteiger partial charge is 0.269 e. The molecule has 0 fully saturated rings. The van der Waals surface area contributed by atoms with Crippen molar-refractivity contribution in [3.63, 3.8) is 0 Å². The van der Waals surface area contributed by atoms with E-state index in [1.165, 1.54) is 0 Å². The Hall–Kier alpha value is -0.590. The van der Waals surface area contributed by atoms with Crippen LogP contribution in [0.3, 0.4) is 0 Å². The van der Waals surface area contributed by atoms with Crippen LogP contribution in [0.2, 0.25) is 0 Å². The lowest BCUT2D eigenvalue weighted by molar-refractivity contribution is 0.907. The molecule has 0 saturated heterocycles. The molecule has 0 radical (unpaired) electrons. The van der Waals surface area contributed by atoms with E-state index >= 15 is 0 Å². The van der Waals surface area contributed by atoms with E-state index in [-0.39, 0.29) is 0 Å². The summed E-state index contributed by atoms with van der Waals surface area (Å²) in [6.07, 6.45) is 5.62. The van der Waals surface area contributed by atoms with Gasteiger partial charge in [-0.3, -0.25) is 4.99 Å². The van der Waals surface area contributed by atoms with Crippen molar-refractivity contribution >= 4 is 6.21 Å². The second-order valence-corrected chi connectivity index (χ2v) is 2.02. The van der Waals surface area contributed by atoms with E-state index in [1.54, 1.807) is 6.20 Å². The van der Waals surface area contributed by atoms with E-state index in [4.69, 9.17) is 0 Å². The first-order valence-corrected chi connectivity index (χ1v) is 2.92. The molecule has 0 rings (SSSR count). The van der Waals surface area contributed by atoms with Gasteiger partial charge in [0.1, 0.15) is 0 Å². The number of nitrogens with zero attached hydrogens (tertiary/aromatic N) is 1. The molecule has 1 heteroatoms. The minimum atomic E-state index is 0.561. The van der Waals surface area contributed by atoms with Crippen molar-refractivity contribution in [1.29, 1.82) is 0 Å².